The van der Waals surface area contributed by atoms with Gasteiger partial charge in [-0.15, -0.1) is 0 Å². The van der Waals surface area contributed by atoms with Gasteiger partial charge in [-0.05, 0) is 0 Å². The second-order valence-corrected chi connectivity index (χ2v) is 28.3. The maximum Gasteiger partial charge on any atom is -1.00 e. The molecule has 168 valence electrons. The number of fused-ring (bicyclic) bond motifs is 3. The van der Waals surface area contributed by atoms with Crippen LogP contribution in [0.5, 0.6) is 0 Å². The number of benzene rings is 2. The van der Waals surface area contributed by atoms with Crippen LogP contribution in [-0.2, 0) is 21.3 Å². The minimum Gasteiger partial charge on any atom is -1.00 e. The molecule has 0 aromatic heterocycles. The van der Waals surface area contributed by atoms with Crippen LogP contribution in [0.1, 0.15) is 34.0 Å². The molecule has 0 saturated heterocycles. The van der Waals surface area contributed by atoms with Gasteiger partial charge in [-0.3, -0.25) is 0 Å². The van der Waals surface area contributed by atoms with E-state index in [0.29, 0.717) is 3.63 Å². The van der Waals surface area contributed by atoms with Crippen LogP contribution in [0.4, 0.5) is 0 Å². The molecule has 0 spiro atoms. The molecule has 0 unspecified atom stereocenters. The van der Waals surface area contributed by atoms with Crippen molar-refractivity contribution < 1.29 is 46.1 Å². The van der Waals surface area contributed by atoms with Gasteiger partial charge in [-0.25, -0.2) is 0 Å². The fourth-order valence-corrected chi connectivity index (χ4v) is 16.3. The first kappa shape index (κ1) is 26.3. The van der Waals surface area contributed by atoms with E-state index in [-0.39, 0.29) is 24.8 Å². The predicted molar refractivity (Wildman–Crippen MR) is 136 cm³/mol. The van der Waals surface area contributed by atoms with Crippen LogP contribution >= 0.6 is 0 Å². The van der Waals surface area contributed by atoms with E-state index in [9.17, 15) is 0 Å². The predicted octanol–water partition coefficient (Wildman–Crippen LogP) is 0.283. The number of rotatable bonds is 4. The molecule has 32 heavy (non-hydrogen) atoms. The van der Waals surface area contributed by atoms with Gasteiger partial charge in [0.15, 0.2) is 0 Å². The Bertz CT molecular complexity index is 1080. The van der Waals surface area contributed by atoms with Crippen molar-refractivity contribution in [2.24, 2.45) is 0 Å². The molecule has 1 fully saturated rings. The van der Waals surface area contributed by atoms with E-state index in [1.165, 1.54) is 19.3 Å². The summed E-state index contributed by atoms with van der Waals surface area (Å²) in [6.07, 6.45) is 11.2. The van der Waals surface area contributed by atoms with Crippen LogP contribution in [-0.4, -0.2) is 19.4 Å². The maximum absolute atomic E-state index is 2.61. The van der Waals surface area contributed by atoms with Gasteiger partial charge >= 0.3 is 193 Å². The van der Waals surface area contributed by atoms with Gasteiger partial charge in [-0.1, -0.05) is 0 Å². The second-order valence-electron chi connectivity index (χ2n) is 11.4. The van der Waals surface area contributed by atoms with Crippen LogP contribution in [0.15, 0.2) is 57.9 Å². The smallest absolute Gasteiger partial charge is 1.00 e. The first-order chi connectivity index (χ1) is 14.1. The van der Waals surface area contributed by atoms with Crippen molar-refractivity contribution in [2.75, 3.05) is 0 Å². The number of halogens is 2. The zero-order chi connectivity index (χ0) is 21.3. The van der Waals surface area contributed by atoms with E-state index in [1.807, 2.05) is 6.49 Å². The fraction of sp³-hybridized carbons (Fsp3) is 0.370. The van der Waals surface area contributed by atoms with Gasteiger partial charge in [0.1, 0.15) is 0 Å². The Kier molecular flexibility index (Phi) is 7.71. The van der Waals surface area contributed by atoms with Crippen molar-refractivity contribution >= 4 is 29.7 Å². The Balaban J connectivity index is 0.00000144. The van der Waals surface area contributed by atoms with E-state index in [1.54, 1.807) is 32.6 Å². The zero-order valence-corrected chi connectivity index (χ0v) is 26.1. The van der Waals surface area contributed by atoms with Crippen molar-refractivity contribution in [3.8, 4) is 11.1 Å². The molecule has 0 heterocycles. The van der Waals surface area contributed by atoms with Crippen molar-refractivity contribution in [3.05, 3.63) is 69.0 Å². The Morgan fingerprint density at radius 2 is 1.25 bits per heavy atom. The SMILES string of the molecule is C[Si](C)(C)c1ccc2c(c1)-c1cc([Si](C)(C)C)ccc1[CH]2[Zr+2]([C]1=CC=CC1)=[C]1CC1.[Cl-].[Cl-]. The first-order valence-corrected chi connectivity index (χ1v) is 22.4. The summed E-state index contributed by atoms with van der Waals surface area (Å²) in [4.78, 5) is 0. The summed E-state index contributed by atoms with van der Waals surface area (Å²) < 4.78 is 4.50. The van der Waals surface area contributed by atoms with E-state index in [0.717, 1.165) is 0 Å². The molecule has 0 atom stereocenters. The molecule has 3 aliphatic rings. The van der Waals surface area contributed by atoms with E-state index >= 15 is 0 Å². The molecule has 0 bridgehead atoms. The zero-order valence-electron chi connectivity index (χ0n) is 20.2. The third kappa shape index (κ3) is 4.75. The van der Waals surface area contributed by atoms with Crippen LogP contribution in [0.3, 0.4) is 0 Å². The molecule has 0 radical (unpaired) electrons. The van der Waals surface area contributed by atoms with Crippen molar-refractivity contribution in [1.82, 2.24) is 0 Å². The number of hydrogen-bond donors (Lipinski definition) is 0. The summed E-state index contributed by atoms with van der Waals surface area (Å²) >= 11 is -1.88. The van der Waals surface area contributed by atoms with E-state index in [2.05, 4.69) is 93.9 Å². The molecule has 5 heteroatoms. The van der Waals surface area contributed by atoms with Crippen LogP contribution in [0.25, 0.3) is 11.1 Å². The molecule has 0 N–H and O–H groups in total. The van der Waals surface area contributed by atoms with E-state index in [4.69, 9.17) is 0 Å². The standard InChI is InChI=1S/C19H25Si2.C5H5.C3H4.2ClH.Zr/c1-20(2,3)16-9-7-14-11-15-8-10-17(21(4,5)6)13-19(15)18(14)12-16;1-2-4-5-3-1;1-2-3-1;;;/h7-13H,1-6H3;1-3H,4H2;1-2H2;2*1H;/q;;;;;+2/p-2. The molecule has 0 nitrogen and oxygen atoms in total. The first-order valence-electron chi connectivity index (χ1n) is 11.5. The minimum atomic E-state index is -1.88. The summed E-state index contributed by atoms with van der Waals surface area (Å²) in [6, 6.07) is 15.3. The third-order valence-corrected chi connectivity index (χ3v) is 19.8. The van der Waals surface area contributed by atoms with Gasteiger partial charge in [0.25, 0.3) is 0 Å². The molecule has 2 aromatic carbocycles. The second kappa shape index (κ2) is 9.38. The summed E-state index contributed by atoms with van der Waals surface area (Å²) in [5, 5.41) is 3.22. The average Bonchev–Trinajstić information content (AvgIpc) is 3.26. The van der Waals surface area contributed by atoms with Gasteiger partial charge in [0.2, 0.25) is 0 Å². The molecule has 3 aliphatic carbocycles. The maximum atomic E-state index is 2.61. The van der Waals surface area contributed by atoms with E-state index < -0.39 is 37.4 Å². The normalized spacial score (nSPS) is 16.4. The monoisotopic (exact) mass is 574 g/mol. The fourth-order valence-electron chi connectivity index (χ4n) is 5.09. The van der Waals surface area contributed by atoms with Crippen molar-refractivity contribution in [1.29, 1.82) is 0 Å². The molecule has 0 aliphatic heterocycles. The Morgan fingerprint density at radius 3 is 1.62 bits per heavy atom. The average molecular weight is 577 g/mol. The third-order valence-electron chi connectivity index (χ3n) is 7.04. The van der Waals surface area contributed by atoms with Gasteiger partial charge in [0.05, 0.1) is 0 Å². The number of hydrogen-bond acceptors (Lipinski definition) is 0. The Labute approximate surface area is 216 Å². The van der Waals surface area contributed by atoms with Gasteiger partial charge < -0.3 is 24.8 Å². The van der Waals surface area contributed by atoms with Crippen molar-refractivity contribution in [2.45, 2.75) is 62.2 Å². The minimum absolute atomic E-state index is 0. The largest absolute Gasteiger partial charge is 1.00 e. The molecule has 1 saturated carbocycles. The Morgan fingerprint density at radius 1 is 0.750 bits per heavy atom. The molecule has 2 aromatic rings. The molecule has 5 rings (SSSR count). The van der Waals surface area contributed by atoms with Crippen LogP contribution < -0.4 is 35.2 Å². The van der Waals surface area contributed by atoms with Gasteiger partial charge in [-0.2, -0.15) is 0 Å². The molecular weight excluding hydrogens is 543 g/mol. The summed E-state index contributed by atoms with van der Waals surface area (Å²) in [5.74, 6) is 0. The van der Waals surface area contributed by atoms with Crippen LogP contribution in [0.2, 0.25) is 39.3 Å². The van der Waals surface area contributed by atoms with Crippen molar-refractivity contribution in [3.63, 3.8) is 0 Å². The van der Waals surface area contributed by atoms with Crippen LogP contribution in [0, 0.1) is 0 Å². The number of allylic oxidation sites excluding steroid dienone is 4. The topological polar surface area (TPSA) is 0 Å². The Hall–Kier alpha value is -0.313. The summed E-state index contributed by atoms with van der Waals surface area (Å²) in [7, 11) is -2.67. The molecular formula is C27H34Cl2Si2Zr. The quantitative estimate of drug-likeness (QED) is 0.459. The van der Waals surface area contributed by atoms with Gasteiger partial charge in [0, 0.05) is 0 Å². The summed E-state index contributed by atoms with van der Waals surface area (Å²) in [6.45, 7) is 14.9. The summed E-state index contributed by atoms with van der Waals surface area (Å²) in [5.41, 5.74) is 6.50. The molecule has 0 amide bonds.